The molecule has 0 saturated carbocycles. The first-order valence-electron chi connectivity index (χ1n) is 5.39. The fraction of sp³-hybridized carbons (Fsp3) is 0.143. The molecular formula is C14H14Si2. The average molecular weight is 238 g/mol. The van der Waals surface area contributed by atoms with Crippen LogP contribution in [0.1, 0.15) is 0 Å². The van der Waals surface area contributed by atoms with Crippen LogP contribution in [0.5, 0.6) is 0 Å². The Balaban J connectivity index is 2.44. The minimum atomic E-state index is -0.363. The van der Waals surface area contributed by atoms with E-state index in [9.17, 15) is 0 Å². The van der Waals surface area contributed by atoms with Gasteiger partial charge in [-0.15, -0.1) is 0 Å². The number of benzene rings is 2. The molecule has 0 spiro atoms. The molecule has 0 heterocycles. The van der Waals surface area contributed by atoms with Crippen LogP contribution in [0.15, 0.2) is 48.5 Å². The second-order valence-electron chi connectivity index (χ2n) is 4.16. The minimum Gasteiger partial charge on any atom is -0.0671 e. The molecule has 0 unspecified atom stereocenters. The molecule has 0 bridgehead atoms. The van der Waals surface area contributed by atoms with E-state index in [4.69, 9.17) is 0 Å². The number of hydrogen-bond acceptors (Lipinski definition) is 0. The van der Waals surface area contributed by atoms with Crippen molar-refractivity contribution >= 4 is 29.4 Å². The highest BCUT2D eigenvalue weighted by atomic mass is 28.3. The second-order valence-corrected chi connectivity index (χ2v) is 7.32. The first-order valence-corrected chi connectivity index (χ1v) is 8.39. The maximum Gasteiger partial charge on any atom is 0.0791 e. The Hall–Kier alpha value is -1.13. The summed E-state index contributed by atoms with van der Waals surface area (Å²) >= 11 is 0. The molecule has 0 saturated heterocycles. The maximum absolute atomic E-state index is 3.56. The van der Waals surface area contributed by atoms with Gasteiger partial charge in [0, 0.05) is 0 Å². The van der Waals surface area contributed by atoms with Gasteiger partial charge in [-0.1, -0.05) is 72.0 Å². The van der Waals surface area contributed by atoms with Crippen LogP contribution in [0.25, 0.3) is 11.1 Å². The first kappa shape index (κ1) is 11.4. The van der Waals surface area contributed by atoms with E-state index in [0.717, 1.165) is 5.19 Å². The molecule has 78 valence electrons. The van der Waals surface area contributed by atoms with Crippen molar-refractivity contribution in [2.75, 3.05) is 0 Å². The van der Waals surface area contributed by atoms with Gasteiger partial charge in [0.15, 0.2) is 0 Å². The van der Waals surface area contributed by atoms with Crippen LogP contribution in [-0.4, -0.2) is 19.0 Å². The van der Waals surface area contributed by atoms with Gasteiger partial charge < -0.3 is 0 Å². The molecule has 0 fully saturated rings. The van der Waals surface area contributed by atoms with Gasteiger partial charge in [0.1, 0.15) is 0 Å². The van der Waals surface area contributed by atoms with Crippen LogP contribution in [0.3, 0.4) is 0 Å². The molecule has 2 aromatic rings. The van der Waals surface area contributed by atoms with Crippen molar-refractivity contribution in [2.24, 2.45) is 0 Å². The summed E-state index contributed by atoms with van der Waals surface area (Å²) < 4.78 is 0. The van der Waals surface area contributed by atoms with E-state index >= 15 is 0 Å². The monoisotopic (exact) mass is 238 g/mol. The molecule has 0 aliphatic heterocycles. The summed E-state index contributed by atoms with van der Waals surface area (Å²) in [6.07, 6.45) is 0. The normalized spacial score (nSPS) is 10.8. The van der Waals surface area contributed by atoms with Crippen LogP contribution < -0.4 is 10.4 Å². The molecular weight excluding hydrogens is 224 g/mol. The van der Waals surface area contributed by atoms with Crippen LogP contribution in [0.4, 0.5) is 0 Å². The lowest BCUT2D eigenvalue weighted by atomic mass is 10.1. The van der Waals surface area contributed by atoms with Crippen LogP contribution >= 0.6 is 0 Å². The van der Waals surface area contributed by atoms with Crippen molar-refractivity contribution in [3.8, 4) is 11.1 Å². The van der Waals surface area contributed by atoms with Crippen LogP contribution in [0.2, 0.25) is 13.1 Å². The molecule has 0 aliphatic rings. The van der Waals surface area contributed by atoms with Gasteiger partial charge in [-0.2, -0.15) is 0 Å². The third-order valence-corrected chi connectivity index (χ3v) is 4.41. The standard InChI is InChI=1S/C14H14Si2/c1-16(2)14-8-4-6-12(10-14)11-5-3-7-13(15)9-11/h3-10H,1-2H3. The zero-order valence-electron chi connectivity index (χ0n) is 9.62. The molecule has 0 atom stereocenters. The van der Waals surface area contributed by atoms with Gasteiger partial charge in [-0.05, 0) is 11.1 Å². The number of rotatable bonds is 2. The quantitative estimate of drug-likeness (QED) is 0.703. The first-order chi connectivity index (χ1) is 7.66. The van der Waals surface area contributed by atoms with Crippen LogP contribution in [-0.2, 0) is 0 Å². The molecule has 0 N–H and O–H groups in total. The Morgan fingerprint density at radius 2 is 1.50 bits per heavy atom. The Bertz CT molecular complexity index is 490. The third kappa shape index (κ3) is 2.51. The van der Waals surface area contributed by atoms with Crippen molar-refractivity contribution < 1.29 is 0 Å². The maximum atomic E-state index is 3.56. The van der Waals surface area contributed by atoms with E-state index in [1.165, 1.54) is 16.3 Å². The highest BCUT2D eigenvalue weighted by Gasteiger charge is 2.03. The van der Waals surface area contributed by atoms with Gasteiger partial charge in [0.05, 0.1) is 19.0 Å². The van der Waals surface area contributed by atoms with Gasteiger partial charge in [0.25, 0.3) is 0 Å². The molecule has 2 aromatic carbocycles. The van der Waals surface area contributed by atoms with Crippen molar-refractivity contribution in [1.29, 1.82) is 0 Å². The smallest absolute Gasteiger partial charge is 0.0671 e. The predicted molar refractivity (Wildman–Crippen MR) is 74.4 cm³/mol. The molecule has 0 aromatic heterocycles. The summed E-state index contributed by atoms with van der Waals surface area (Å²) in [7, 11) is 3.20. The lowest BCUT2D eigenvalue weighted by Gasteiger charge is -2.07. The Morgan fingerprint density at radius 1 is 0.875 bits per heavy atom. The Labute approximate surface area is 102 Å². The van der Waals surface area contributed by atoms with Gasteiger partial charge in [0.2, 0.25) is 0 Å². The van der Waals surface area contributed by atoms with E-state index < -0.39 is 0 Å². The van der Waals surface area contributed by atoms with Gasteiger partial charge in [-0.3, -0.25) is 0 Å². The van der Waals surface area contributed by atoms with E-state index in [-0.39, 0.29) is 8.80 Å². The second kappa shape index (κ2) is 4.81. The lowest BCUT2D eigenvalue weighted by Crippen LogP contribution is -2.22. The van der Waals surface area contributed by atoms with Crippen molar-refractivity contribution in [2.45, 2.75) is 13.1 Å². The molecule has 4 radical (unpaired) electrons. The van der Waals surface area contributed by atoms with Gasteiger partial charge >= 0.3 is 0 Å². The summed E-state index contributed by atoms with van der Waals surface area (Å²) in [5, 5.41) is 2.61. The fourth-order valence-electron chi connectivity index (χ4n) is 1.71. The zero-order valence-corrected chi connectivity index (χ0v) is 11.6. The van der Waals surface area contributed by atoms with Crippen LogP contribution in [0, 0.1) is 0 Å². The van der Waals surface area contributed by atoms with Crippen molar-refractivity contribution in [3.63, 3.8) is 0 Å². The molecule has 0 aliphatic carbocycles. The summed E-state index contributed by atoms with van der Waals surface area (Å²) in [6.45, 7) is 4.65. The molecule has 16 heavy (non-hydrogen) atoms. The summed E-state index contributed by atoms with van der Waals surface area (Å²) in [4.78, 5) is 0. The highest BCUT2D eigenvalue weighted by Crippen LogP contribution is 2.16. The zero-order chi connectivity index (χ0) is 11.5. The number of hydrogen-bond donors (Lipinski definition) is 0. The SMILES string of the molecule is C[Si](C)c1cccc(-c2cccc([Si])c2)c1. The van der Waals surface area contributed by atoms with E-state index in [1.807, 2.05) is 0 Å². The summed E-state index contributed by atoms with van der Waals surface area (Å²) in [6, 6.07) is 17.3. The lowest BCUT2D eigenvalue weighted by molar-refractivity contribution is 1.65. The van der Waals surface area contributed by atoms with E-state index in [2.05, 4.69) is 71.9 Å². The fourth-order valence-corrected chi connectivity index (χ4v) is 2.83. The predicted octanol–water partition coefficient (Wildman–Crippen LogP) is 2.11. The highest BCUT2D eigenvalue weighted by molar-refractivity contribution is 6.70. The Kier molecular flexibility index (Phi) is 3.41. The summed E-state index contributed by atoms with van der Waals surface area (Å²) in [5.41, 5.74) is 2.58. The Morgan fingerprint density at radius 3 is 2.12 bits per heavy atom. The third-order valence-electron chi connectivity index (χ3n) is 2.64. The topological polar surface area (TPSA) is 0 Å². The van der Waals surface area contributed by atoms with E-state index in [1.54, 1.807) is 0 Å². The minimum absolute atomic E-state index is 0.363. The molecule has 0 amide bonds. The molecule has 0 nitrogen and oxygen atoms in total. The average Bonchev–Trinajstić information content (AvgIpc) is 2.29. The van der Waals surface area contributed by atoms with Crippen molar-refractivity contribution in [1.82, 2.24) is 0 Å². The largest absolute Gasteiger partial charge is 0.0791 e. The molecule has 2 heteroatoms. The van der Waals surface area contributed by atoms with Crippen molar-refractivity contribution in [3.05, 3.63) is 48.5 Å². The molecule has 2 rings (SSSR count). The summed E-state index contributed by atoms with van der Waals surface area (Å²) in [5.74, 6) is 0. The van der Waals surface area contributed by atoms with E-state index in [0.29, 0.717) is 0 Å². The van der Waals surface area contributed by atoms with Gasteiger partial charge in [-0.25, -0.2) is 0 Å².